The van der Waals surface area contributed by atoms with E-state index >= 15 is 0 Å². The number of carbonyl (C=O) groups excluding carboxylic acids is 2. The summed E-state index contributed by atoms with van der Waals surface area (Å²) in [6, 6.07) is 29.7. The number of rotatable bonds is 9. The van der Waals surface area contributed by atoms with Crippen molar-refractivity contribution in [1.82, 2.24) is 0 Å². The van der Waals surface area contributed by atoms with Gasteiger partial charge in [-0.15, -0.1) is 0 Å². The molecule has 1 fully saturated rings. The number of hydrogen-bond donors (Lipinski definition) is 0. The highest BCUT2D eigenvalue weighted by Crippen LogP contribution is 2.41. The summed E-state index contributed by atoms with van der Waals surface area (Å²) in [5, 5.41) is 0.258. The molecule has 32 heavy (non-hydrogen) atoms. The summed E-state index contributed by atoms with van der Waals surface area (Å²) in [6.07, 6.45) is 4.51. The molecule has 2 nitrogen and oxygen atoms in total. The number of aryl methyl sites for hydroxylation is 1. The van der Waals surface area contributed by atoms with Crippen LogP contribution in [0.15, 0.2) is 91.0 Å². The first-order chi connectivity index (χ1) is 15.7. The van der Waals surface area contributed by atoms with Gasteiger partial charge in [-0.05, 0) is 36.5 Å². The van der Waals surface area contributed by atoms with Crippen molar-refractivity contribution < 1.29 is 9.59 Å². The smallest absolute Gasteiger partial charge is 0.167 e. The van der Waals surface area contributed by atoms with Crippen LogP contribution in [0.5, 0.6) is 0 Å². The summed E-state index contributed by atoms with van der Waals surface area (Å²) in [6.45, 7) is 0. The summed E-state index contributed by atoms with van der Waals surface area (Å²) in [5.74, 6) is 1.33. The van der Waals surface area contributed by atoms with E-state index in [4.69, 9.17) is 0 Å². The van der Waals surface area contributed by atoms with Gasteiger partial charge in [0.25, 0.3) is 0 Å². The lowest BCUT2D eigenvalue weighted by molar-refractivity contribution is 0.0793. The van der Waals surface area contributed by atoms with Gasteiger partial charge in [0.05, 0.1) is 0 Å². The van der Waals surface area contributed by atoms with Gasteiger partial charge in [-0.3, -0.25) is 9.59 Å². The first-order valence-corrected chi connectivity index (χ1v) is 12.6. The quantitative estimate of drug-likeness (QED) is 0.338. The first-order valence-electron chi connectivity index (χ1n) is 11.6. The summed E-state index contributed by atoms with van der Waals surface area (Å²) in [4.78, 5) is 26.7. The van der Waals surface area contributed by atoms with Crippen LogP contribution in [0.3, 0.4) is 0 Å². The van der Waals surface area contributed by atoms with Crippen molar-refractivity contribution in [2.75, 3.05) is 5.75 Å². The third kappa shape index (κ3) is 5.77. The van der Waals surface area contributed by atoms with Crippen molar-refractivity contribution in [2.45, 2.75) is 37.4 Å². The molecule has 0 unspecified atom stereocenters. The molecule has 0 aromatic heterocycles. The molecule has 3 aromatic rings. The molecule has 3 atom stereocenters. The highest BCUT2D eigenvalue weighted by Gasteiger charge is 2.39. The monoisotopic (exact) mass is 442 g/mol. The van der Waals surface area contributed by atoms with Crippen molar-refractivity contribution in [3.8, 4) is 0 Å². The minimum absolute atomic E-state index is 0.0957. The first kappa shape index (κ1) is 22.5. The second-order valence-electron chi connectivity index (χ2n) is 8.59. The van der Waals surface area contributed by atoms with Gasteiger partial charge in [-0.1, -0.05) is 97.4 Å². The Hall–Kier alpha value is -2.65. The molecule has 0 heterocycles. The Balaban J connectivity index is 1.51. The molecule has 1 aliphatic rings. The van der Waals surface area contributed by atoms with Gasteiger partial charge in [0.15, 0.2) is 11.6 Å². The topological polar surface area (TPSA) is 34.1 Å². The molecule has 1 aliphatic carbocycles. The predicted octanol–water partition coefficient (Wildman–Crippen LogP) is 6.90. The van der Waals surface area contributed by atoms with Crippen LogP contribution in [0.1, 0.15) is 52.0 Å². The van der Waals surface area contributed by atoms with E-state index in [1.807, 2.05) is 78.5 Å². The molecule has 0 N–H and O–H groups in total. The maximum absolute atomic E-state index is 13.6. The molecule has 164 valence electrons. The largest absolute Gasteiger partial charge is 0.294 e. The zero-order valence-corrected chi connectivity index (χ0v) is 19.2. The molecule has 0 aliphatic heterocycles. The van der Waals surface area contributed by atoms with Crippen molar-refractivity contribution in [3.05, 3.63) is 108 Å². The van der Waals surface area contributed by atoms with Crippen LogP contribution in [-0.4, -0.2) is 22.6 Å². The number of ketones is 2. The zero-order chi connectivity index (χ0) is 22.2. The van der Waals surface area contributed by atoms with Crippen molar-refractivity contribution >= 4 is 23.3 Å². The molecule has 4 rings (SSSR count). The van der Waals surface area contributed by atoms with E-state index in [0.29, 0.717) is 6.42 Å². The second-order valence-corrected chi connectivity index (χ2v) is 9.93. The maximum Gasteiger partial charge on any atom is 0.167 e. The minimum Gasteiger partial charge on any atom is -0.294 e. The van der Waals surface area contributed by atoms with Crippen LogP contribution >= 0.6 is 11.8 Å². The van der Waals surface area contributed by atoms with Gasteiger partial charge >= 0.3 is 0 Å². The number of Topliss-reactive ketones (excluding diaryl/α,β-unsaturated/α-hetero) is 2. The fourth-order valence-electron chi connectivity index (χ4n) is 4.79. The van der Waals surface area contributed by atoms with Crippen LogP contribution in [-0.2, 0) is 6.42 Å². The lowest BCUT2D eigenvalue weighted by Crippen LogP contribution is -2.38. The Kier molecular flexibility index (Phi) is 7.95. The molecule has 0 amide bonds. The van der Waals surface area contributed by atoms with Gasteiger partial charge < -0.3 is 0 Å². The van der Waals surface area contributed by atoms with Gasteiger partial charge in [0, 0.05) is 28.7 Å². The summed E-state index contributed by atoms with van der Waals surface area (Å²) in [7, 11) is 0. The minimum atomic E-state index is -0.111. The highest BCUT2D eigenvalue weighted by molar-refractivity contribution is 7.99. The molecule has 0 radical (unpaired) electrons. The van der Waals surface area contributed by atoms with Crippen LogP contribution in [0, 0.1) is 11.8 Å². The SMILES string of the molecule is O=C(C[C@H]1CCC[C@@H](SCCc2ccccc2)[C@@H]1C(=O)c1ccccc1)c1ccccc1. The molecular formula is C29H30O2S. The van der Waals surface area contributed by atoms with Crippen LogP contribution < -0.4 is 0 Å². The van der Waals surface area contributed by atoms with E-state index < -0.39 is 0 Å². The van der Waals surface area contributed by atoms with E-state index in [-0.39, 0.29) is 28.7 Å². The van der Waals surface area contributed by atoms with E-state index in [0.717, 1.165) is 42.6 Å². The molecule has 1 saturated carbocycles. The Morgan fingerprint density at radius 2 is 1.34 bits per heavy atom. The standard InChI is InChI=1S/C29H30O2S/c30-26(23-13-6-2-7-14-23)21-25-17-10-18-27(32-20-19-22-11-4-1-5-12-22)28(25)29(31)24-15-8-3-9-16-24/h1-9,11-16,25,27-28H,10,17-21H2/t25-,27-,28-/m1/s1. The average Bonchev–Trinajstić information content (AvgIpc) is 2.85. The van der Waals surface area contributed by atoms with Gasteiger partial charge in [-0.25, -0.2) is 0 Å². The molecular weight excluding hydrogens is 412 g/mol. The van der Waals surface area contributed by atoms with E-state index in [2.05, 4.69) is 24.3 Å². The predicted molar refractivity (Wildman–Crippen MR) is 133 cm³/mol. The number of hydrogen-bond acceptors (Lipinski definition) is 3. The Morgan fingerprint density at radius 1 is 0.750 bits per heavy atom. The molecule has 0 bridgehead atoms. The fourth-order valence-corrected chi connectivity index (χ4v) is 6.33. The number of carbonyl (C=O) groups is 2. The number of benzene rings is 3. The van der Waals surface area contributed by atoms with Crippen molar-refractivity contribution in [3.63, 3.8) is 0 Å². The maximum atomic E-state index is 13.6. The van der Waals surface area contributed by atoms with Gasteiger partial charge in [0.1, 0.15) is 0 Å². The van der Waals surface area contributed by atoms with Crippen LogP contribution in [0.4, 0.5) is 0 Å². The molecule has 0 saturated heterocycles. The van der Waals surface area contributed by atoms with Crippen molar-refractivity contribution in [1.29, 1.82) is 0 Å². The Bertz CT molecular complexity index is 1000. The highest BCUT2D eigenvalue weighted by atomic mass is 32.2. The van der Waals surface area contributed by atoms with E-state index in [9.17, 15) is 9.59 Å². The molecule has 0 spiro atoms. The van der Waals surface area contributed by atoms with Gasteiger partial charge in [0.2, 0.25) is 0 Å². The summed E-state index contributed by atoms with van der Waals surface area (Å²) in [5.41, 5.74) is 2.85. The van der Waals surface area contributed by atoms with Crippen LogP contribution in [0.25, 0.3) is 0 Å². The number of thioether (sulfide) groups is 1. The van der Waals surface area contributed by atoms with E-state index in [1.165, 1.54) is 5.56 Å². The summed E-state index contributed by atoms with van der Waals surface area (Å²) >= 11 is 1.92. The Labute approximate surface area is 195 Å². The Morgan fingerprint density at radius 3 is 2.00 bits per heavy atom. The fraction of sp³-hybridized carbons (Fsp3) is 0.310. The van der Waals surface area contributed by atoms with Crippen molar-refractivity contribution in [2.24, 2.45) is 11.8 Å². The second kappa shape index (κ2) is 11.3. The van der Waals surface area contributed by atoms with Crippen LogP contribution in [0.2, 0.25) is 0 Å². The van der Waals surface area contributed by atoms with E-state index in [1.54, 1.807) is 0 Å². The molecule has 3 aromatic carbocycles. The normalized spacial score (nSPS) is 20.6. The lowest BCUT2D eigenvalue weighted by Gasteiger charge is -2.37. The third-order valence-electron chi connectivity index (χ3n) is 6.44. The van der Waals surface area contributed by atoms with Gasteiger partial charge in [-0.2, -0.15) is 11.8 Å². The average molecular weight is 443 g/mol. The zero-order valence-electron chi connectivity index (χ0n) is 18.4. The molecule has 3 heteroatoms. The third-order valence-corrected chi connectivity index (χ3v) is 7.84. The lowest BCUT2D eigenvalue weighted by atomic mass is 9.72. The summed E-state index contributed by atoms with van der Waals surface area (Å²) < 4.78 is 0.